The first-order valence-corrected chi connectivity index (χ1v) is 9.26. The van der Waals surface area contributed by atoms with Crippen molar-refractivity contribution in [2.75, 3.05) is 28.6 Å². The fourth-order valence-corrected chi connectivity index (χ4v) is 4.10. The van der Waals surface area contributed by atoms with Crippen LogP contribution in [0.3, 0.4) is 0 Å². The van der Waals surface area contributed by atoms with Crippen molar-refractivity contribution in [3.63, 3.8) is 0 Å². The first kappa shape index (κ1) is 15.9. The minimum absolute atomic E-state index is 0.0852. The number of rotatable bonds is 4. The first-order chi connectivity index (χ1) is 10.8. The molecule has 0 spiro atoms. The molecular formula is C15H19N3O4S. The lowest BCUT2D eigenvalue weighted by molar-refractivity contribution is -0.117. The van der Waals surface area contributed by atoms with Gasteiger partial charge in [-0.15, -0.1) is 0 Å². The van der Waals surface area contributed by atoms with Crippen LogP contribution in [0.4, 0.5) is 11.4 Å². The molecule has 124 valence electrons. The van der Waals surface area contributed by atoms with Crippen LogP contribution in [0.5, 0.6) is 0 Å². The van der Waals surface area contributed by atoms with Gasteiger partial charge >= 0.3 is 0 Å². The van der Waals surface area contributed by atoms with Crippen LogP contribution in [-0.4, -0.2) is 39.1 Å². The summed E-state index contributed by atoms with van der Waals surface area (Å²) in [5, 5.41) is 5.07. The summed E-state index contributed by atoms with van der Waals surface area (Å²) in [4.78, 5) is 27.3. The Balaban J connectivity index is 1.79. The number of hydrogen-bond acceptors (Lipinski definition) is 4. The van der Waals surface area contributed by atoms with Crippen molar-refractivity contribution in [2.45, 2.75) is 19.3 Å². The SMILES string of the molecule is NS(=O)(=O)CC1CC(=O)N(c2cccc(N3CCCC3=O)c2)C1. The fourth-order valence-electron chi connectivity index (χ4n) is 3.22. The standard InChI is InChI=1S/C15H19N3O4S/c16-23(21,22)10-11-7-15(20)18(9-11)13-4-1-3-12(8-13)17-6-2-5-14(17)19/h1,3-4,8,11H,2,5-7,9-10H2,(H2,16,21,22). The summed E-state index contributed by atoms with van der Waals surface area (Å²) < 4.78 is 22.4. The lowest BCUT2D eigenvalue weighted by Gasteiger charge is -2.21. The molecule has 0 saturated carbocycles. The molecular weight excluding hydrogens is 318 g/mol. The van der Waals surface area contributed by atoms with Crippen LogP contribution in [0.25, 0.3) is 0 Å². The Bertz CT molecular complexity index is 747. The van der Waals surface area contributed by atoms with Crippen LogP contribution in [-0.2, 0) is 19.6 Å². The third kappa shape index (κ3) is 3.53. The Labute approximate surface area is 135 Å². The fraction of sp³-hybridized carbons (Fsp3) is 0.467. The van der Waals surface area contributed by atoms with Gasteiger partial charge in [-0.1, -0.05) is 6.07 Å². The van der Waals surface area contributed by atoms with Gasteiger partial charge < -0.3 is 9.80 Å². The van der Waals surface area contributed by atoms with E-state index in [4.69, 9.17) is 5.14 Å². The lowest BCUT2D eigenvalue weighted by atomic mass is 10.1. The monoisotopic (exact) mass is 337 g/mol. The van der Waals surface area contributed by atoms with E-state index >= 15 is 0 Å². The van der Waals surface area contributed by atoms with Gasteiger partial charge in [0.1, 0.15) is 0 Å². The zero-order valence-corrected chi connectivity index (χ0v) is 13.5. The Kier molecular flexibility index (Phi) is 4.11. The quantitative estimate of drug-likeness (QED) is 0.862. The summed E-state index contributed by atoms with van der Waals surface area (Å²) in [5.74, 6) is -0.528. The molecule has 0 aromatic heterocycles. The number of hydrogen-bond donors (Lipinski definition) is 1. The molecule has 2 aliphatic rings. The summed E-state index contributed by atoms with van der Waals surface area (Å²) in [6.07, 6.45) is 1.55. The second-order valence-corrected chi connectivity index (χ2v) is 7.73. The van der Waals surface area contributed by atoms with Crippen LogP contribution < -0.4 is 14.9 Å². The van der Waals surface area contributed by atoms with Crippen LogP contribution in [0.15, 0.2) is 24.3 Å². The number of anilines is 2. The summed E-state index contributed by atoms with van der Waals surface area (Å²) in [5.41, 5.74) is 1.46. The molecule has 1 unspecified atom stereocenters. The van der Waals surface area contributed by atoms with Crippen molar-refractivity contribution in [1.82, 2.24) is 0 Å². The molecule has 3 rings (SSSR count). The Morgan fingerprint density at radius 1 is 1.13 bits per heavy atom. The molecule has 2 fully saturated rings. The zero-order chi connectivity index (χ0) is 16.6. The van der Waals surface area contributed by atoms with Gasteiger partial charge in [-0.3, -0.25) is 9.59 Å². The number of nitrogens with two attached hydrogens (primary N) is 1. The summed E-state index contributed by atoms with van der Waals surface area (Å²) in [6, 6.07) is 7.24. The minimum Gasteiger partial charge on any atom is -0.312 e. The van der Waals surface area contributed by atoms with Gasteiger partial charge in [0.05, 0.1) is 5.75 Å². The van der Waals surface area contributed by atoms with E-state index in [0.29, 0.717) is 25.2 Å². The van der Waals surface area contributed by atoms with Crippen molar-refractivity contribution >= 4 is 33.2 Å². The molecule has 1 aromatic rings. The van der Waals surface area contributed by atoms with E-state index in [1.807, 2.05) is 6.07 Å². The van der Waals surface area contributed by atoms with E-state index in [0.717, 1.165) is 12.1 Å². The predicted molar refractivity (Wildman–Crippen MR) is 86.5 cm³/mol. The smallest absolute Gasteiger partial charge is 0.227 e. The Morgan fingerprint density at radius 2 is 1.83 bits per heavy atom. The molecule has 2 amide bonds. The number of carbonyl (C=O) groups excluding carboxylic acids is 2. The molecule has 2 N–H and O–H groups in total. The highest BCUT2D eigenvalue weighted by molar-refractivity contribution is 7.89. The third-order valence-corrected chi connectivity index (χ3v) is 5.14. The van der Waals surface area contributed by atoms with Crippen molar-refractivity contribution in [3.8, 4) is 0 Å². The highest BCUT2D eigenvalue weighted by Crippen LogP contribution is 2.30. The number of primary sulfonamides is 1. The topological polar surface area (TPSA) is 101 Å². The van der Waals surface area contributed by atoms with Crippen molar-refractivity contribution in [3.05, 3.63) is 24.3 Å². The number of carbonyl (C=O) groups is 2. The van der Waals surface area contributed by atoms with Crippen molar-refractivity contribution < 1.29 is 18.0 Å². The van der Waals surface area contributed by atoms with Gasteiger partial charge in [0.15, 0.2) is 0 Å². The maximum atomic E-state index is 12.2. The molecule has 7 nitrogen and oxygen atoms in total. The minimum atomic E-state index is -3.60. The summed E-state index contributed by atoms with van der Waals surface area (Å²) in [7, 11) is -3.60. The van der Waals surface area contributed by atoms with Gasteiger partial charge in [0.25, 0.3) is 0 Å². The van der Waals surface area contributed by atoms with Gasteiger partial charge in [-0.25, -0.2) is 13.6 Å². The Hall–Kier alpha value is -1.93. The van der Waals surface area contributed by atoms with E-state index < -0.39 is 10.0 Å². The van der Waals surface area contributed by atoms with Gasteiger partial charge in [-0.2, -0.15) is 0 Å². The lowest BCUT2D eigenvalue weighted by Crippen LogP contribution is -2.28. The van der Waals surface area contributed by atoms with Crippen LogP contribution >= 0.6 is 0 Å². The average Bonchev–Trinajstić information content (AvgIpc) is 3.03. The number of nitrogens with zero attached hydrogens (tertiary/aromatic N) is 2. The molecule has 0 bridgehead atoms. The van der Waals surface area contributed by atoms with Crippen LogP contribution in [0.1, 0.15) is 19.3 Å². The van der Waals surface area contributed by atoms with E-state index in [2.05, 4.69) is 0 Å². The van der Waals surface area contributed by atoms with E-state index in [-0.39, 0.29) is 29.9 Å². The normalized spacial score (nSPS) is 22.2. The average molecular weight is 337 g/mol. The maximum absolute atomic E-state index is 12.2. The van der Waals surface area contributed by atoms with Gasteiger partial charge in [0, 0.05) is 43.2 Å². The molecule has 2 aliphatic heterocycles. The van der Waals surface area contributed by atoms with Crippen LogP contribution in [0, 0.1) is 5.92 Å². The van der Waals surface area contributed by atoms with E-state index in [9.17, 15) is 18.0 Å². The molecule has 1 aromatic carbocycles. The predicted octanol–water partition coefficient (Wildman–Crippen LogP) is 0.455. The van der Waals surface area contributed by atoms with Crippen molar-refractivity contribution in [2.24, 2.45) is 11.1 Å². The summed E-state index contributed by atoms with van der Waals surface area (Å²) >= 11 is 0. The van der Waals surface area contributed by atoms with Crippen molar-refractivity contribution in [1.29, 1.82) is 0 Å². The molecule has 2 heterocycles. The molecule has 8 heteroatoms. The maximum Gasteiger partial charge on any atom is 0.227 e. The zero-order valence-electron chi connectivity index (χ0n) is 12.6. The first-order valence-electron chi connectivity index (χ1n) is 7.55. The molecule has 0 aliphatic carbocycles. The number of benzene rings is 1. The number of sulfonamides is 1. The summed E-state index contributed by atoms with van der Waals surface area (Å²) in [6.45, 7) is 1.01. The third-order valence-electron chi connectivity index (χ3n) is 4.20. The van der Waals surface area contributed by atoms with Gasteiger partial charge in [-0.05, 0) is 24.6 Å². The van der Waals surface area contributed by atoms with Gasteiger partial charge in [0.2, 0.25) is 21.8 Å². The Morgan fingerprint density at radius 3 is 2.43 bits per heavy atom. The van der Waals surface area contributed by atoms with E-state index in [1.165, 1.54) is 0 Å². The second kappa shape index (κ2) is 5.93. The molecule has 2 saturated heterocycles. The highest BCUT2D eigenvalue weighted by atomic mass is 32.2. The number of amides is 2. The molecule has 1 atom stereocenters. The van der Waals surface area contributed by atoms with Crippen LogP contribution in [0.2, 0.25) is 0 Å². The largest absolute Gasteiger partial charge is 0.312 e. The molecule has 23 heavy (non-hydrogen) atoms. The second-order valence-electron chi connectivity index (χ2n) is 6.07. The highest BCUT2D eigenvalue weighted by Gasteiger charge is 2.33. The van der Waals surface area contributed by atoms with E-state index in [1.54, 1.807) is 28.0 Å². The molecule has 0 radical (unpaired) electrons.